The summed E-state index contributed by atoms with van der Waals surface area (Å²) in [6, 6.07) is 19.9. The van der Waals surface area contributed by atoms with E-state index in [1.807, 2.05) is 41.5 Å². The first-order valence-electron chi connectivity index (χ1n) is 10.6. The quantitative estimate of drug-likeness (QED) is 0.392. The number of carbonyl (C=O) groups is 1. The molecule has 4 aromatic rings. The summed E-state index contributed by atoms with van der Waals surface area (Å²) in [6.45, 7) is 4.52. The van der Waals surface area contributed by atoms with E-state index in [0.717, 1.165) is 17.1 Å². The van der Waals surface area contributed by atoms with Gasteiger partial charge in [0.25, 0.3) is 5.91 Å². The molecular formula is C25H22Cl2N4O. The molecular weight excluding hydrogens is 443 g/mol. The highest BCUT2D eigenvalue weighted by molar-refractivity contribution is 6.36. The number of aromatic nitrogens is 2. The Bertz CT molecular complexity index is 1340. The Hall–Kier alpha value is -3.02. The van der Waals surface area contributed by atoms with Gasteiger partial charge >= 0.3 is 0 Å². The molecule has 0 aliphatic carbocycles. The number of aryl methyl sites for hydroxylation is 1. The highest BCUT2D eigenvalue weighted by atomic mass is 35.5. The molecule has 3 aromatic carbocycles. The second-order valence-corrected chi connectivity index (χ2v) is 8.74. The first-order valence-corrected chi connectivity index (χ1v) is 11.3. The average Bonchev–Trinajstić information content (AvgIpc) is 3.14. The predicted octanol–water partition coefficient (Wildman–Crippen LogP) is 6.18. The van der Waals surface area contributed by atoms with Crippen molar-refractivity contribution in [3.05, 3.63) is 87.8 Å². The van der Waals surface area contributed by atoms with Gasteiger partial charge in [0.05, 0.1) is 17.3 Å². The maximum atomic E-state index is 13.2. The van der Waals surface area contributed by atoms with Crippen LogP contribution >= 0.6 is 23.2 Å². The standard InChI is InChI=1S/C25H22Cl2N4O/c1-3-22-29-24-23(30(22)14-17-9-6-8-16-7-4-5-10-19(16)17)25(32)28-15(2)31(24)21-12-11-18(26)13-20(21)27/h4-13,15H,3,14H2,1-2H3,(H,28,32). The van der Waals surface area contributed by atoms with Crippen molar-refractivity contribution >= 4 is 51.4 Å². The summed E-state index contributed by atoms with van der Waals surface area (Å²) in [5, 5.41) is 6.47. The van der Waals surface area contributed by atoms with Gasteiger partial charge in [-0.15, -0.1) is 0 Å². The van der Waals surface area contributed by atoms with Crippen LogP contribution in [0.4, 0.5) is 11.5 Å². The number of halogens is 2. The Morgan fingerprint density at radius 1 is 1.06 bits per heavy atom. The first kappa shape index (κ1) is 20.9. The SMILES string of the molecule is CCc1nc2c(n1Cc1cccc3ccccc13)C(=O)NC(C)N2c1ccc(Cl)cc1Cl. The van der Waals surface area contributed by atoms with Gasteiger partial charge < -0.3 is 14.8 Å². The van der Waals surface area contributed by atoms with Crippen LogP contribution in [0.2, 0.25) is 10.0 Å². The van der Waals surface area contributed by atoms with Gasteiger partial charge in [-0.25, -0.2) is 4.98 Å². The summed E-state index contributed by atoms with van der Waals surface area (Å²) in [6.07, 6.45) is 0.390. The van der Waals surface area contributed by atoms with Gasteiger partial charge in [-0.05, 0) is 41.5 Å². The largest absolute Gasteiger partial charge is 0.330 e. The fourth-order valence-corrected chi connectivity index (χ4v) is 4.92. The lowest BCUT2D eigenvalue weighted by molar-refractivity contribution is 0.0924. The summed E-state index contributed by atoms with van der Waals surface area (Å²) in [5.41, 5.74) is 2.43. The number of nitrogens with one attached hydrogen (secondary N) is 1. The molecule has 1 unspecified atom stereocenters. The molecule has 1 aromatic heterocycles. The van der Waals surface area contributed by atoms with Gasteiger partial charge in [-0.2, -0.15) is 0 Å². The van der Waals surface area contributed by atoms with E-state index in [1.54, 1.807) is 12.1 Å². The molecule has 5 rings (SSSR count). The Morgan fingerprint density at radius 3 is 2.62 bits per heavy atom. The zero-order valence-corrected chi connectivity index (χ0v) is 19.3. The summed E-state index contributed by atoms with van der Waals surface area (Å²) in [5.74, 6) is 1.33. The predicted molar refractivity (Wildman–Crippen MR) is 130 cm³/mol. The van der Waals surface area contributed by atoms with E-state index in [2.05, 4.69) is 35.6 Å². The molecule has 0 bridgehead atoms. The Kier molecular flexibility index (Phi) is 5.31. The number of anilines is 2. The minimum atomic E-state index is -0.306. The summed E-state index contributed by atoms with van der Waals surface area (Å²) >= 11 is 12.6. The van der Waals surface area contributed by atoms with Crippen molar-refractivity contribution < 1.29 is 4.79 Å². The minimum absolute atomic E-state index is 0.138. The fourth-order valence-electron chi connectivity index (χ4n) is 4.42. The van der Waals surface area contributed by atoms with Crippen LogP contribution in [0, 0.1) is 0 Å². The highest BCUT2D eigenvalue weighted by Crippen LogP contribution is 2.39. The number of imidazole rings is 1. The number of hydrogen-bond acceptors (Lipinski definition) is 3. The average molecular weight is 465 g/mol. The number of fused-ring (bicyclic) bond motifs is 2. The molecule has 0 saturated heterocycles. The molecule has 1 amide bonds. The van der Waals surface area contributed by atoms with Crippen molar-refractivity contribution in [2.24, 2.45) is 0 Å². The summed E-state index contributed by atoms with van der Waals surface area (Å²) in [7, 11) is 0. The van der Waals surface area contributed by atoms with E-state index in [-0.39, 0.29) is 12.1 Å². The molecule has 0 spiro atoms. The number of nitrogens with zero attached hydrogens (tertiary/aromatic N) is 3. The van der Waals surface area contributed by atoms with Crippen LogP contribution in [0.15, 0.2) is 60.7 Å². The first-order chi connectivity index (χ1) is 15.5. The van der Waals surface area contributed by atoms with Gasteiger partial charge in [0.2, 0.25) is 0 Å². The van der Waals surface area contributed by atoms with Crippen molar-refractivity contribution in [3.63, 3.8) is 0 Å². The van der Waals surface area contributed by atoms with E-state index < -0.39 is 0 Å². The molecule has 1 aliphatic rings. The van der Waals surface area contributed by atoms with Gasteiger partial charge in [-0.3, -0.25) is 4.79 Å². The van der Waals surface area contributed by atoms with Crippen molar-refractivity contribution in [2.75, 3.05) is 4.90 Å². The van der Waals surface area contributed by atoms with E-state index in [1.165, 1.54) is 10.8 Å². The molecule has 1 N–H and O–H groups in total. The summed E-state index contributed by atoms with van der Waals surface area (Å²) in [4.78, 5) is 20.0. The van der Waals surface area contributed by atoms with Crippen LogP contribution in [-0.2, 0) is 13.0 Å². The van der Waals surface area contributed by atoms with E-state index in [4.69, 9.17) is 28.2 Å². The number of carbonyl (C=O) groups excluding carboxylic acids is 1. The third-order valence-electron chi connectivity index (χ3n) is 5.89. The molecule has 5 nitrogen and oxygen atoms in total. The molecule has 1 atom stereocenters. The molecule has 162 valence electrons. The Labute approximate surface area is 196 Å². The maximum absolute atomic E-state index is 13.2. The molecule has 1 aliphatic heterocycles. The monoisotopic (exact) mass is 464 g/mol. The highest BCUT2D eigenvalue weighted by Gasteiger charge is 2.36. The Morgan fingerprint density at radius 2 is 1.84 bits per heavy atom. The van der Waals surface area contributed by atoms with Crippen LogP contribution in [0.1, 0.15) is 35.7 Å². The van der Waals surface area contributed by atoms with E-state index in [9.17, 15) is 4.79 Å². The summed E-state index contributed by atoms with van der Waals surface area (Å²) < 4.78 is 2.02. The zero-order chi connectivity index (χ0) is 22.4. The van der Waals surface area contributed by atoms with Crippen molar-refractivity contribution in [3.8, 4) is 0 Å². The number of hydrogen-bond donors (Lipinski definition) is 1. The second kappa shape index (κ2) is 8.15. The number of benzene rings is 3. The smallest absolute Gasteiger partial charge is 0.273 e. The molecule has 7 heteroatoms. The van der Waals surface area contributed by atoms with E-state index in [0.29, 0.717) is 34.5 Å². The number of rotatable bonds is 4. The minimum Gasteiger partial charge on any atom is -0.330 e. The fraction of sp³-hybridized carbons (Fsp3) is 0.200. The van der Waals surface area contributed by atoms with Crippen LogP contribution in [0.25, 0.3) is 10.8 Å². The normalized spacial score (nSPS) is 15.7. The maximum Gasteiger partial charge on any atom is 0.273 e. The lowest BCUT2D eigenvalue weighted by Crippen LogP contribution is -2.49. The third kappa shape index (κ3) is 3.42. The van der Waals surface area contributed by atoms with E-state index >= 15 is 0 Å². The van der Waals surface area contributed by atoms with Crippen molar-refractivity contribution in [1.82, 2.24) is 14.9 Å². The lowest BCUT2D eigenvalue weighted by atomic mass is 10.0. The third-order valence-corrected chi connectivity index (χ3v) is 6.43. The van der Waals surface area contributed by atoms with Crippen LogP contribution in [0.3, 0.4) is 0 Å². The molecule has 2 heterocycles. The topological polar surface area (TPSA) is 50.2 Å². The van der Waals surface area contributed by atoms with Gasteiger partial charge in [0.1, 0.15) is 12.0 Å². The van der Waals surface area contributed by atoms with Crippen molar-refractivity contribution in [1.29, 1.82) is 0 Å². The molecule has 0 saturated carbocycles. The lowest BCUT2D eigenvalue weighted by Gasteiger charge is -2.35. The van der Waals surface area contributed by atoms with Crippen molar-refractivity contribution in [2.45, 2.75) is 33.0 Å². The van der Waals surface area contributed by atoms with Crippen LogP contribution in [-0.4, -0.2) is 21.6 Å². The van der Waals surface area contributed by atoms with Gasteiger partial charge in [-0.1, -0.05) is 72.6 Å². The molecule has 0 radical (unpaired) electrons. The zero-order valence-electron chi connectivity index (χ0n) is 17.8. The number of amides is 1. The second-order valence-electron chi connectivity index (χ2n) is 7.89. The van der Waals surface area contributed by atoms with Gasteiger partial charge in [0, 0.05) is 11.4 Å². The van der Waals surface area contributed by atoms with Crippen LogP contribution < -0.4 is 10.2 Å². The molecule has 0 fully saturated rings. The van der Waals surface area contributed by atoms with Crippen LogP contribution in [0.5, 0.6) is 0 Å². The Balaban J connectivity index is 1.67. The molecule has 32 heavy (non-hydrogen) atoms. The van der Waals surface area contributed by atoms with Gasteiger partial charge in [0.15, 0.2) is 11.5 Å².